The van der Waals surface area contributed by atoms with Crippen molar-refractivity contribution in [3.05, 3.63) is 0 Å². The number of carbonyl (C=O) groups is 3. The van der Waals surface area contributed by atoms with Gasteiger partial charge in [0.05, 0.1) is 5.92 Å². The smallest absolute Gasteiger partial charge is 0.320 e. The largest absolute Gasteiger partial charge is 0.481 e. The lowest BCUT2D eigenvalue weighted by atomic mass is 9.87. The van der Waals surface area contributed by atoms with Crippen LogP contribution in [0.4, 0.5) is 4.79 Å². The molecule has 118 valence electrons. The van der Waals surface area contributed by atoms with Crippen LogP contribution in [0.15, 0.2) is 0 Å². The molecule has 0 saturated carbocycles. The second-order valence-electron chi connectivity index (χ2n) is 5.95. The summed E-state index contributed by atoms with van der Waals surface area (Å²) in [6, 6.07) is -0.0285. The van der Waals surface area contributed by atoms with Crippen LogP contribution in [0.1, 0.15) is 19.8 Å². The van der Waals surface area contributed by atoms with E-state index < -0.39 is 11.9 Å². The molecule has 0 aromatic rings. The molecule has 2 aliphatic heterocycles. The Kier molecular flexibility index (Phi) is 4.69. The van der Waals surface area contributed by atoms with E-state index in [9.17, 15) is 14.4 Å². The number of nitrogens with one attached hydrogen (secondary N) is 1. The van der Waals surface area contributed by atoms with Crippen molar-refractivity contribution in [2.24, 2.45) is 17.8 Å². The first kappa shape index (κ1) is 15.6. The van der Waals surface area contributed by atoms with Crippen LogP contribution in [0, 0.1) is 17.8 Å². The fraction of sp³-hybridized carbons (Fsp3) is 0.786. The topological polar surface area (TPSA) is 90.0 Å². The molecule has 0 aliphatic carbocycles. The van der Waals surface area contributed by atoms with E-state index in [-0.39, 0.29) is 23.8 Å². The zero-order chi connectivity index (χ0) is 15.6. The van der Waals surface area contributed by atoms with Crippen molar-refractivity contribution < 1.29 is 19.5 Å². The molecular weight excluding hydrogens is 274 g/mol. The van der Waals surface area contributed by atoms with Crippen LogP contribution in [0.2, 0.25) is 0 Å². The van der Waals surface area contributed by atoms with Crippen LogP contribution in [0.5, 0.6) is 0 Å². The Labute approximate surface area is 124 Å². The molecule has 0 spiro atoms. The Bertz CT molecular complexity index is 426. The number of piperidine rings is 1. The molecule has 0 radical (unpaired) electrons. The number of amides is 3. The number of carbonyl (C=O) groups excluding carboxylic acids is 2. The van der Waals surface area contributed by atoms with Gasteiger partial charge in [0, 0.05) is 45.1 Å². The molecule has 3 amide bonds. The number of carboxylic acid groups (broad SMARTS) is 1. The molecule has 2 N–H and O–H groups in total. The number of hydrogen-bond acceptors (Lipinski definition) is 3. The fourth-order valence-electron chi connectivity index (χ4n) is 2.92. The van der Waals surface area contributed by atoms with Gasteiger partial charge in [-0.1, -0.05) is 6.92 Å². The van der Waals surface area contributed by atoms with Crippen LogP contribution >= 0.6 is 0 Å². The molecule has 1 atom stereocenters. The second kappa shape index (κ2) is 6.32. The lowest BCUT2D eigenvalue weighted by Gasteiger charge is -2.44. The third-order valence-corrected chi connectivity index (χ3v) is 4.66. The first-order valence-corrected chi connectivity index (χ1v) is 7.42. The van der Waals surface area contributed by atoms with Crippen molar-refractivity contribution in [3.8, 4) is 0 Å². The summed E-state index contributed by atoms with van der Waals surface area (Å²) in [5, 5.41) is 11.6. The number of carboxylic acids is 1. The van der Waals surface area contributed by atoms with Gasteiger partial charge >= 0.3 is 12.0 Å². The average Bonchev–Trinajstić information content (AvgIpc) is 2.44. The Hall–Kier alpha value is -1.79. The van der Waals surface area contributed by atoms with Crippen molar-refractivity contribution in [2.75, 3.05) is 33.2 Å². The molecule has 2 aliphatic rings. The lowest BCUT2D eigenvalue weighted by Crippen LogP contribution is -2.58. The van der Waals surface area contributed by atoms with Gasteiger partial charge in [0.2, 0.25) is 5.91 Å². The van der Waals surface area contributed by atoms with Crippen LogP contribution in [0.3, 0.4) is 0 Å². The summed E-state index contributed by atoms with van der Waals surface area (Å²) in [4.78, 5) is 38.2. The Morgan fingerprint density at radius 1 is 1.14 bits per heavy atom. The van der Waals surface area contributed by atoms with Gasteiger partial charge in [0.15, 0.2) is 0 Å². The number of aliphatic carboxylic acids is 1. The molecule has 7 heteroatoms. The molecule has 2 heterocycles. The van der Waals surface area contributed by atoms with E-state index in [2.05, 4.69) is 5.32 Å². The van der Waals surface area contributed by atoms with Gasteiger partial charge < -0.3 is 20.2 Å². The molecule has 2 fully saturated rings. The van der Waals surface area contributed by atoms with Crippen molar-refractivity contribution >= 4 is 17.9 Å². The van der Waals surface area contributed by atoms with Crippen molar-refractivity contribution in [2.45, 2.75) is 19.8 Å². The first-order chi connectivity index (χ1) is 9.93. The number of likely N-dealkylation sites (tertiary alicyclic amines) is 2. The summed E-state index contributed by atoms with van der Waals surface area (Å²) >= 11 is 0. The Morgan fingerprint density at radius 2 is 1.71 bits per heavy atom. The summed E-state index contributed by atoms with van der Waals surface area (Å²) in [6.07, 6.45) is 1.38. The van der Waals surface area contributed by atoms with Gasteiger partial charge in [0.1, 0.15) is 0 Å². The van der Waals surface area contributed by atoms with E-state index in [0.717, 1.165) is 0 Å². The molecule has 0 bridgehead atoms. The number of urea groups is 1. The minimum absolute atomic E-state index is 0.00442. The summed E-state index contributed by atoms with van der Waals surface area (Å²) in [5.74, 6) is -1.13. The molecule has 2 saturated heterocycles. The monoisotopic (exact) mass is 297 g/mol. The highest BCUT2D eigenvalue weighted by molar-refractivity contribution is 5.79. The predicted molar refractivity (Wildman–Crippen MR) is 75.6 cm³/mol. The Morgan fingerprint density at radius 3 is 2.19 bits per heavy atom. The van der Waals surface area contributed by atoms with Crippen LogP contribution < -0.4 is 5.32 Å². The van der Waals surface area contributed by atoms with Gasteiger partial charge in [-0.05, 0) is 12.8 Å². The fourth-order valence-corrected chi connectivity index (χ4v) is 2.92. The van der Waals surface area contributed by atoms with E-state index in [0.29, 0.717) is 39.0 Å². The van der Waals surface area contributed by atoms with Crippen molar-refractivity contribution in [1.29, 1.82) is 0 Å². The predicted octanol–water partition coefficient (Wildman–Crippen LogP) is 0.217. The van der Waals surface area contributed by atoms with E-state index in [1.807, 2.05) is 0 Å². The maximum Gasteiger partial charge on any atom is 0.320 e. The maximum atomic E-state index is 12.3. The molecule has 1 unspecified atom stereocenters. The van der Waals surface area contributed by atoms with E-state index in [4.69, 9.17) is 5.11 Å². The highest BCUT2D eigenvalue weighted by Gasteiger charge is 2.39. The summed E-state index contributed by atoms with van der Waals surface area (Å²) < 4.78 is 0. The van der Waals surface area contributed by atoms with Crippen LogP contribution in [-0.2, 0) is 9.59 Å². The number of nitrogens with zero attached hydrogens (tertiary/aromatic N) is 2. The summed E-state index contributed by atoms with van der Waals surface area (Å²) in [7, 11) is 1.63. The molecule has 21 heavy (non-hydrogen) atoms. The maximum absolute atomic E-state index is 12.3. The summed E-state index contributed by atoms with van der Waals surface area (Å²) in [6.45, 7) is 3.89. The average molecular weight is 297 g/mol. The third kappa shape index (κ3) is 3.28. The molecule has 0 aromatic carbocycles. The number of rotatable bonds is 3. The van der Waals surface area contributed by atoms with Gasteiger partial charge in [0.25, 0.3) is 0 Å². The third-order valence-electron chi connectivity index (χ3n) is 4.66. The first-order valence-electron chi connectivity index (χ1n) is 7.42. The minimum atomic E-state index is -0.807. The normalized spacial score (nSPS) is 21.6. The molecule has 7 nitrogen and oxygen atoms in total. The highest BCUT2D eigenvalue weighted by atomic mass is 16.4. The van der Waals surface area contributed by atoms with Gasteiger partial charge in [-0.3, -0.25) is 9.59 Å². The van der Waals surface area contributed by atoms with Crippen molar-refractivity contribution in [3.63, 3.8) is 0 Å². The van der Waals surface area contributed by atoms with Gasteiger partial charge in [-0.15, -0.1) is 0 Å². The minimum Gasteiger partial charge on any atom is -0.481 e. The van der Waals surface area contributed by atoms with E-state index in [1.165, 1.54) is 0 Å². The zero-order valence-electron chi connectivity index (χ0n) is 12.5. The summed E-state index contributed by atoms with van der Waals surface area (Å²) in [5.41, 5.74) is 0. The molecular formula is C14H23N3O4. The molecule has 0 aromatic heterocycles. The van der Waals surface area contributed by atoms with E-state index in [1.54, 1.807) is 23.8 Å². The van der Waals surface area contributed by atoms with E-state index >= 15 is 0 Å². The van der Waals surface area contributed by atoms with Gasteiger partial charge in [-0.25, -0.2) is 4.79 Å². The highest BCUT2D eigenvalue weighted by Crippen LogP contribution is 2.26. The Balaban J connectivity index is 1.77. The quantitative estimate of drug-likeness (QED) is 0.779. The standard InChI is InChI=1S/C14H23N3O4/c1-9(13(19)20)11-7-17(8-11)14(21)16-5-3-10(4-6-16)12(18)15-2/h9-11H,3-8H2,1-2H3,(H,15,18)(H,19,20). The molecule has 2 rings (SSSR count). The van der Waals surface area contributed by atoms with Crippen molar-refractivity contribution in [1.82, 2.24) is 15.1 Å². The van der Waals surface area contributed by atoms with Crippen LogP contribution in [0.25, 0.3) is 0 Å². The SMILES string of the molecule is CNC(=O)C1CCN(C(=O)N2CC(C(C)C(=O)O)C2)CC1. The second-order valence-corrected chi connectivity index (χ2v) is 5.95. The lowest BCUT2D eigenvalue weighted by molar-refractivity contribution is -0.144. The van der Waals surface area contributed by atoms with Gasteiger partial charge in [-0.2, -0.15) is 0 Å². The number of hydrogen-bond donors (Lipinski definition) is 2. The zero-order valence-corrected chi connectivity index (χ0v) is 12.5. The van der Waals surface area contributed by atoms with Crippen LogP contribution in [-0.4, -0.2) is 66.0 Å².